The van der Waals surface area contributed by atoms with Gasteiger partial charge >= 0.3 is 5.97 Å². The molecule has 0 fully saturated rings. The number of nitrogens with one attached hydrogen (secondary N) is 2. The molecule has 4 rings (SSSR count). The molecule has 0 radical (unpaired) electrons. The molecule has 1 aliphatic rings. The molecule has 9 nitrogen and oxygen atoms in total. The molecule has 38 heavy (non-hydrogen) atoms. The van der Waals surface area contributed by atoms with Crippen LogP contribution in [-0.2, 0) is 27.2 Å². The van der Waals surface area contributed by atoms with Crippen molar-refractivity contribution < 1.29 is 23.8 Å². The van der Waals surface area contributed by atoms with Crippen LogP contribution < -0.4 is 20.1 Å². The van der Waals surface area contributed by atoms with Crippen LogP contribution in [0, 0.1) is 0 Å². The highest BCUT2D eigenvalue weighted by Crippen LogP contribution is 2.35. The highest BCUT2D eigenvalue weighted by molar-refractivity contribution is 6.00. The fourth-order valence-corrected chi connectivity index (χ4v) is 4.29. The number of anilines is 3. The molecule has 0 unspecified atom stereocenters. The lowest BCUT2D eigenvalue weighted by Gasteiger charge is -2.19. The number of methoxy groups -OCH3 is 2. The van der Waals surface area contributed by atoms with E-state index in [1.165, 1.54) is 0 Å². The van der Waals surface area contributed by atoms with Crippen LogP contribution in [0.15, 0.2) is 42.6 Å². The molecule has 0 saturated carbocycles. The highest BCUT2D eigenvalue weighted by Gasteiger charge is 2.22. The first-order chi connectivity index (χ1) is 18.1. The molecule has 0 saturated heterocycles. The topological polar surface area (TPSA) is 112 Å². The van der Waals surface area contributed by atoms with Gasteiger partial charge in [-0.05, 0) is 63.8 Å². The van der Waals surface area contributed by atoms with E-state index in [2.05, 4.69) is 15.6 Å². The standard InChI is InChI=1S/C29H34N4O5/c1-29(2,3)38-26(35)9-7-6-8-18-10-12-21-22(14-18)32-25(34)15-19-17-30-28(33-27(19)21)31-20-11-13-23(36-4)24(16-20)37-5/h10-14,16-17H,6-9,15H2,1-5H3,(H,32,34)(H,30,31,33). The number of hydrogen-bond donors (Lipinski definition) is 2. The van der Waals surface area contributed by atoms with Gasteiger partial charge in [0.2, 0.25) is 11.9 Å². The van der Waals surface area contributed by atoms with E-state index in [0.717, 1.165) is 41.6 Å². The van der Waals surface area contributed by atoms with Crippen LogP contribution in [0.1, 0.15) is 51.2 Å². The Hall–Kier alpha value is -4.14. The molecule has 3 aromatic rings. The number of carbonyl (C=O) groups is 2. The maximum Gasteiger partial charge on any atom is 0.306 e. The lowest BCUT2D eigenvalue weighted by Crippen LogP contribution is -2.23. The minimum absolute atomic E-state index is 0.115. The van der Waals surface area contributed by atoms with Gasteiger partial charge in [-0.25, -0.2) is 9.97 Å². The van der Waals surface area contributed by atoms with Gasteiger partial charge in [0.1, 0.15) is 5.60 Å². The first-order valence-electron chi connectivity index (χ1n) is 12.6. The maximum atomic E-state index is 12.6. The normalized spacial score (nSPS) is 12.5. The number of fused-ring (bicyclic) bond motifs is 3. The van der Waals surface area contributed by atoms with Gasteiger partial charge in [0.15, 0.2) is 11.5 Å². The number of rotatable bonds is 9. The van der Waals surface area contributed by atoms with Gasteiger partial charge in [0, 0.05) is 35.5 Å². The van der Waals surface area contributed by atoms with Gasteiger partial charge in [0.25, 0.3) is 0 Å². The first-order valence-corrected chi connectivity index (χ1v) is 12.6. The second-order valence-electron chi connectivity index (χ2n) is 10.2. The van der Waals surface area contributed by atoms with E-state index in [1.807, 2.05) is 51.1 Å². The third kappa shape index (κ3) is 6.79. The second-order valence-corrected chi connectivity index (χ2v) is 10.2. The van der Waals surface area contributed by atoms with Crippen LogP contribution in [0.25, 0.3) is 11.3 Å². The molecule has 1 aliphatic heterocycles. The van der Waals surface area contributed by atoms with Crippen molar-refractivity contribution in [1.29, 1.82) is 0 Å². The minimum atomic E-state index is -0.469. The fraction of sp³-hybridized carbons (Fsp3) is 0.379. The molecule has 0 aliphatic carbocycles. The molecule has 0 spiro atoms. The Morgan fingerprint density at radius 1 is 1.05 bits per heavy atom. The van der Waals surface area contributed by atoms with Crippen LogP contribution >= 0.6 is 0 Å². The van der Waals surface area contributed by atoms with E-state index in [0.29, 0.717) is 35.2 Å². The van der Waals surface area contributed by atoms with Gasteiger partial charge in [-0.2, -0.15) is 0 Å². The van der Waals surface area contributed by atoms with Crippen molar-refractivity contribution in [2.75, 3.05) is 24.9 Å². The van der Waals surface area contributed by atoms with Crippen molar-refractivity contribution >= 4 is 29.2 Å². The number of ether oxygens (including phenoxy) is 3. The van der Waals surface area contributed by atoms with Crippen molar-refractivity contribution in [2.45, 2.75) is 58.5 Å². The summed E-state index contributed by atoms with van der Waals surface area (Å²) in [5.41, 5.74) is 4.36. The Balaban J connectivity index is 1.50. The lowest BCUT2D eigenvalue weighted by atomic mass is 10.0. The van der Waals surface area contributed by atoms with Crippen molar-refractivity contribution in [3.05, 3.63) is 53.7 Å². The molecular weight excluding hydrogens is 484 g/mol. The van der Waals surface area contributed by atoms with Gasteiger partial charge in [-0.15, -0.1) is 0 Å². The van der Waals surface area contributed by atoms with Crippen LogP contribution in [0.4, 0.5) is 17.3 Å². The minimum Gasteiger partial charge on any atom is -0.493 e. The molecule has 2 heterocycles. The highest BCUT2D eigenvalue weighted by atomic mass is 16.6. The van der Waals surface area contributed by atoms with E-state index >= 15 is 0 Å². The van der Waals surface area contributed by atoms with E-state index in [4.69, 9.17) is 19.2 Å². The molecule has 9 heteroatoms. The Bertz CT molecular complexity index is 1330. The van der Waals surface area contributed by atoms with Crippen LogP contribution in [0.2, 0.25) is 0 Å². The van der Waals surface area contributed by atoms with Gasteiger partial charge in [0.05, 0.1) is 32.0 Å². The summed E-state index contributed by atoms with van der Waals surface area (Å²) in [7, 11) is 3.17. The number of aryl methyl sites for hydroxylation is 1. The summed E-state index contributed by atoms with van der Waals surface area (Å²) in [5, 5.41) is 6.22. The van der Waals surface area contributed by atoms with E-state index in [-0.39, 0.29) is 18.3 Å². The van der Waals surface area contributed by atoms with Gasteiger partial charge in [-0.1, -0.05) is 12.1 Å². The summed E-state index contributed by atoms with van der Waals surface area (Å²) in [4.78, 5) is 33.8. The molecule has 1 aromatic heterocycles. The number of unbranched alkanes of at least 4 members (excludes halogenated alkanes) is 1. The number of esters is 1. The Labute approximate surface area is 222 Å². The number of aromatic nitrogens is 2. The summed E-state index contributed by atoms with van der Waals surface area (Å²) in [6, 6.07) is 11.5. The lowest BCUT2D eigenvalue weighted by molar-refractivity contribution is -0.154. The largest absolute Gasteiger partial charge is 0.493 e. The zero-order valence-electron chi connectivity index (χ0n) is 22.5. The van der Waals surface area contributed by atoms with E-state index in [9.17, 15) is 9.59 Å². The maximum absolute atomic E-state index is 12.6. The Morgan fingerprint density at radius 3 is 2.58 bits per heavy atom. The fourth-order valence-electron chi connectivity index (χ4n) is 4.29. The monoisotopic (exact) mass is 518 g/mol. The van der Waals surface area contributed by atoms with E-state index < -0.39 is 5.60 Å². The van der Waals surface area contributed by atoms with Crippen LogP contribution in [0.5, 0.6) is 11.5 Å². The van der Waals surface area contributed by atoms with Crippen molar-refractivity contribution in [3.63, 3.8) is 0 Å². The smallest absolute Gasteiger partial charge is 0.306 e. The quantitative estimate of drug-likeness (QED) is 0.284. The first kappa shape index (κ1) is 26.9. The van der Waals surface area contributed by atoms with Crippen molar-refractivity contribution in [1.82, 2.24) is 9.97 Å². The predicted octanol–water partition coefficient (Wildman–Crippen LogP) is 5.45. The molecule has 2 N–H and O–H groups in total. The number of carbonyl (C=O) groups excluding carboxylic acids is 2. The number of nitrogens with zero attached hydrogens (tertiary/aromatic N) is 2. The number of amides is 1. The predicted molar refractivity (Wildman–Crippen MR) is 146 cm³/mol. The molecule has 1 amide bonds. The van der Waals surface area contributed by atoms with Gasteiger partial charge in [-0.3, -0.25) is 9.59 Å². The number of benzene rings is 2. The van der Waals surface area contributed by atoms with Crippen molar-refractivity contribution in [3.8, 4) is 22.8 Å². The van der Waals surface area contributed by atoms with Gasteiger partial charge < -0.3 is 24.8 Å². The average molecular weight is 519 g/mol. The van der Waals surface area contributed by atoms with Crippen LogP contribution in [-0.4, -0.2) is 41.7 Å². The molecule has 2 aromatic carbocycles. The molecule has 0 bridgehead atoms. The number of hydrogen-bond acceptors (Lipinski definition) is 8. The average Bonchev–Trinajstić information content (AvgIpc) is 3.00. The summed E-state index contributed by atoms with van der Waals surface area (Å²) in [6.07, 6.45) is 4.62. The van der Waals surface area contributed by atoms with Crippen LogP contribution in [0.3, 0.4) is 0 Å². The molecule has 0 atom stereocenters. The Morgan fingerprint density at radius 2 is 1.84 bits per heavy atom. The summed E-state index contributed by atoms with van der Waals surface area (Å²) >= 11 is 0. The Kier molecular flexibility index (Phi) is 8.14. The third-order valence-electron chi connectivity index (χ3n) is 5.98. The van der Waals surface area contributed by atoms with Crippen molar-refractivity contribution in [2.24, 2.45) is 0 Å². The summed E-state index contributed by atoms with van der Waals surface area (Å²) < 4.78 is 16.1. The second kappa shape index (κ2) is 11.5. The zero-order valence-corrected chi connectivity index (χ0v) is 22.5. The molecular formula is C29H34N4O5. The molecule has 200 valence electrons. The van der Waals surface area contributed by atoms with E-state index in [1.54, 1.807) is 26.5 Å². The summed E-state index contributed by atoms with van der Waals surface area (Å²) in [6.45, 7) is 5.60. The third-order valence-corrected chi connectivity index (χ3v) is 5.98. The summed E-state index contributed by atoms with van der Waals surface area (Å²) in [5.74, 6) is 1.32. The zero-order chi connectivity index (χ0) is 27.3. The SMILES string of the molecule is COc1ccc(Nc2ncc3c(n2)-c2ccc(CCCCC(=O)OC(C)(C)C)cc2NC(=O)C3)cc1OC.